The van der Waals surface area contributed by atoms with Crippen LogP contribution in [0.5, 0.6) is 5.75 Å². The number of carbonyl (C=O) groups is 1. The predicted molar refractivity (Wildman–Crippen MR) is 140 cm³/mol. The Hall–Kier alpha value is -3.94. The molecule has 1 aliphatic heterocycles. The highest BCUT2D eigenvalue weighted by Crippen LogP contribution is 2.29. The van der Waals surface area contributed by atoms with E-state index in [0.29, 0.717) is 5.56 Å². The first-order valence-electron chi connectivity index (χ1n) is 11.7. The molecular formula is C27H28FN5O3S. The molecule has 2 aromatic carbocycles. The topological polar surface area (TPSA) is 120 Å². The molecule has 0 saturated carbocycles. The zero-order valence-corrected chi connectivity index (χ0v) is 21.6. The molecule has 0 spiro atoms. The van der Waals surface area contributed by atoms with Gasteiger partial charge in [-0.05, 0) is 54.7 Å². The van der Waals surface area contributed by atoms with Crippen LogP contribution in [0.15, 0.2) is 59.6 Å². The molecule has 0 aliphatic carbocycles. The van der Waals surface area contributed by atoms with E-state index < -0.39 is 21.6 Å². The van der Waals surface area contributed by atoms with Gasteiger partial charge < -0.3 is 14.6 Å². The van der Waals surface area contributed by atoms with Gasteiger partial charge in [-0.3, -0.25) is 4.79 Å². The fourth-order valence-corrected chi connectivity index (χ4v) is 5.94. The van der Waals surface area contributed by atoms with Gasteiger partial charge in [-0.25, -0.2) is 18.1 Å². The number of methoxy groups -OCH3 is 1. The Bertz CT molecular complexity index is 1500. The molecule has 0 radical (unpaired) electrons. The number of nitrogens with zero attached hydrogens (tertiary/aromatic N) is 2. The van der Waals surface area contributed by atoms with Crippen molar-refractivity contribution in [2.24, 2.45) is 13.0 Å². The molecule has 1 aliphatic rings. The highest BCUT2D eigenvalue weighted by molar-refractivity contribution is 7.90. The number of halogens is 1. The highest BCUT2D eigenvalue weighted by atomic mass is 32.2. The molecule has 1 amide bonds. The number of hydrogen-bond donors (Lipinski definition) is 3. The van der Waals surface area contributed by atoms with Gasteiger partial charge in [0.05, 0.1) is 17.6 Å². The molecule has 3 atom stereocenters. The standard InChI is InChI=1S/C27H28FN5O3S/c1-17(4-5-18-6-9-21(36-3)10-7-18)24-13-11-22-25(37(30,35)32-24)16-33(2)26(22)27(34)31-20-8-12-23(28)19(14-20)15-29/h6-14,16-17,24H,4-5H2,1-3H3,(H,31,34)(H2,30,32,35)/t17-,24+,37?/m0/s1. The minimum absolute atomic E-state index is 0.0585. The van der Waals surface area contributed by atoms with Gasteiger partial charge in [-0.2, -0.15) is 5.26 Å². The number of amides is 1. The Balaban J connectivity index is 1.55. The van der Waals surface area contributed by atoms with Crippen LogP contribution < -0.4 is 14.8 Å². The van der Waals surface area contributed by atoms with Crippen molar-refractivity contribution in [1.29, 1.82) is 10.0 Å². The number of nitrogens with one attached hydrogen (secondary N) is 3. The number of fused-ring (bicyclic) bond motifs is 1. The van der Waals surface area contributed by atoms with Crippen LogP contribution in [0, 0.1) is 27.8 Å². The zero-order valence-electron chi connectivity index (χ0n) is 20.7. The summed E-state index contributed by atoms with van der Waals surface area (Å²) >= 11 is 0. The molecule has 2 heterocycles. The van der Waals surface area contributed by atoms with Crippen molar-refractivity contribution in [3.05, 3.63) is 82.9 Å². The number of aryl methyl sites for hydroxylation is 2. The third-order valence-electron chi connectivity index (χ3n) is 6.49. The number of benzene rings is 2. The van der Waals surface area contributed by atoms with E-state index in [1.807, 2.05) is 37.3 Å². The van der Waals surface area contributed by atoms with Crippen molar-refractivity contribution in [2.75, 3.05) is 12.4 Å². The van der Waals surface area contributed by atoms with Crippen molar-refractivity contribution in [3.63, 3.8) is 0 Å². The molecule has 1 aromatic heterocycles. The highest BCUT2D eigenvalue weighted by Gasteiger charge is 2.30. The first-order valence-corrected chi connectivity index (χ1v) is 13.3. The van der Waals surface area contributed by atoms with E-state index in [9.17, 15) is 13.4 Å². The van der Waals surface area contributed by atoms with Crippen LogP contribution in [-0.4, -0.2) is 27.8 Å². The van der Waals surface area contributed by atoms with Gasteiger partial charge in [0.15, 0.2) is 0 Å². The first kappa shape index (κ1) is 26.1. The normalized spacial score (nSPS) is 19.4. The molecule has 4 rings (SSSR count). The van der Waals surface area contributed by atoms with Crippen molar-refractivity contribution >= 4 is 27.6 Å². The second-order valence-electron chi connectivity index (χ2n) is 9.05. The van der Waals surface area contributed by atoms with E-state index in [-0.39, 0.29) is 33.8 Å². The van der Waals surface area contributed by atoms with Gasteiger partial charge in [0.25, 0.3) is 5.91 Å². The fraction of sp³-hybridized carbons (Fsp3) is 0.259. The van der Waals surface area contributed by atoms with E-state index in [0.717, 1.165) is 30.2 Å². The van der Waals surface area contributed by atoms with E-state index in [1.54, 1.807) is 26.3 Å². The smallest absolute Gasteiger partial charge is 0.272 e. The number of aromatic nitrogens is 1. The summed E-state index contributed by atoms with van der Waals surface area (Å²) in [5, 5.41) is 11.7. The Morgan fingerprint density at radius 2 is 2.05 bits per heavy atom. The SMILES string of the molecule is COc1ccc(CC[C@H](C)[C@H]2C=Cc3c(cn(C)c3C(=O)Nc3ccc(F)c(C#N)c3)S(=N)(=O)N2)cc1. The Morgan fingerprint density at radius 1 is 1.32 bits per heavy atom. The van der Waals surface area contributed by atoms with Crippen molar-refractivity contribution in [2.45, 2.75) is 30.7 Å². The summed E-state index contributed by atoms with van der Waals surface area (Å²) in [5.41, 5.74) is 1.82. The molecule has 192 valence electrons. The summed E-state index contributed by atoms with van der Waals surface area (Å²) in [6, 6.07) is 13.0. The van der Waals surface area contributed by atoms with E-state index in [2.05, 4.69) is 10.0 Å². The maximum atomic E-state index is 13.7. The van der Waals surface area contributed by atoms with E-state index >= 15 is 0 Å². The van der Waals surface area contributed by atoms with Crippen LogP contribution in [0.4, 0.5) is 10.1 Å². The molecule has 3 N–H and O–H groups in total. The lowest BCUT2D eigenvalue weighted by molar-refractivity contribution is 0.101. The Morgan fingerprint density at radius 3 is 2.73 bits per heavy atom. The third-order valence-corrected chi connectivity index (χ3v) is 8.04. The summed E-state index contributed by atoms with van der Waals surface area (Å²) < 4.78 is 45.4. The van der Waals surface area contributed by atoms with Crippen LogP contribution in [0.1, 0.15) is 40.5 Å². The number of ether oxygens (including phenoxy) is 1. The lowest BCUT2D eigenvalue weighted by Gasteiger charge is -2.22. The fourth-order valence-electron chi connectivity index (χ4n) is 4.33. The Labute approximate surface area is 215 Å². The number of anilines is 1. The van der Waals surface area contributed by atoms with Crippen LogP contribution in [0.25, 0.3) is 6.08 Å². The summed E-state index contributed by atoms with van der Waals surface area (Å²) in [5.74, 6) is -0.349. The van der Waals surface area contributed by atoms with Gasteiger partial charge in [-0.1, -0.05) is 31.2 Å². The summed E-state index contributed by atoms with van der Waals surface area (Å²) in [7, 11) is -0.154. The monoisotopic (exact) mass is 521 g/mol. The average Bonchev–Trinajstić information content (AvgIpc) is 3.17. The number of rotatable bonds is 7. The first-order chi connectivity index (χ1) is 17.6. The minimum Gasteiger partial charge on any atom is -0.497 e. The van der Waals surface area contributed by atoms with Gasteiger partial charge >= 0.3 is 0 Å². The predicted octanol–water partition coefficient (Wildman–Crippen LogP) is 4.87. The van der Waals surface area contributed by atoms with E-state index in [4.69, 9.17) is 14.8 Å². The average molecular weight is 522 g/mol. The quantitative estimate of drug-likeness (QED) is 0.411. The van der Waals surface area contributed by atoms with Crippen molar-refractivity contribution in [3.8, 4) is 11.8 Å². The molecule has 8 nitrogen and oxygen atoms in total. The van der Waals surface area contributed by atoms with E-state index in [1.165, 1.54) is 22.9 Å². The Kier molecular flexibility index (Phi) is 7.47. The summed E-state index contributed by atoms with van der Waals surface area (Å²) in [6.45, 7) is 2.03. The van der Waals surface area contributed by atoms with Crippen LogP contribution in [0.2, 0.25) is 0 Å². The molecule has 10 heteroatoms. The molecule has 37 heavy (non-hydrogen) atoms. The van der Waals surface area contributed by atoms with Crippen molar-refractivity contribution in [1.82, 2.24) is 9.29 Å². The largest absolute Gasteiger partial charge is 0.497 e. The maximum absolute atomic E-state index is 13.7. The van der Waals surface area contributed by atoms with Crippen LogP contribution in [0.3, 0.4) is 0 Å². The molecular weight excluding hydrogens is 493 g/mol. The lowest BCUT2D eigenvalue weighted by Crippen LogP contribution is -2.36. The number of nitriles is 1. The second kappa shape index (κ2) is 10.6. The van der Waals surface area contributed by atoms with Crippen LogP contribution >= 0.6 is 0 Å². The molecule has 0 bridgehead atoms. The lowest BCUT2D eigenvalue weighted by atomic mass is 9.94. The second-order valence-corrected chi connectivity index (χ2v) is 10.8. The summed E-state index contributed by atoms with van der Waals surface area (Å²) in [6.07, 6.45) is 6.70. The van der Waals surface area contributed by atoms with Gasteiger partial charge in [0.1, 0.15) is 33.2 Å². The third kappa shape index (κ3) is 5.58. The molecule has 3 aromatic rings. The molecule has 1 unspecified atom stereocenters. The van der Waals surface area contributed by atoms with Crippen molar-refractivity contribution < 1.29 is 18.1 Å². The molecule has 0 fully saturated rings. The summed E-state index contributed by atoms with van der Waals surface area (Å²) in [4.78, 5) is 13.4. The van der Waals surface area contributed by atoms with Gasteiger partial charge in [0, 0.05) is 30.5 Å². The number of hydrogen-bond acceptors (Lipinski definition) is 5. The maximum Gasteiger partial charge on any atom is 0.272 e. The van der Waals surface area contributed by atoms with Crippen LogP contribution in [-0.2, 0) is 23.4 Å². The number of carbonyl (C=O) groups excluding carboxylic acids is 1. The minimum atomic E-state index is -3.41. The van der Waals surface area contributed by atoms with Gasteiger partial charge in [0.2, 0.25) is 0 Å². The van der Waals surface area contributed by atoms with Gasteiger partial charge in [-0.15, -0.1) is 0 Å². The zero-order chi connectivity index (χ0) is 26.7. The molecule has 0 saturated heterocycles.